The van der Waals surface area contributed by atoms with Gasteiger partial charge in [-0.2, -0.15) is 5.10 Å². The maximum atomic E-state index is 12.6. The van der Waals surface area contributed by atoms with Gasteiger partial charge in [0.05, 0.1) is 27.6 Å². The Labute approximate surface area is 144 Å². The molecular formula is C18H16N4O3. The average Bonchev–Trinajstić information content (AvgIpc) is 2.90. The third-order valence-electron chi connectivity index (χ3n) is 3.86. The fourth-order valence-corrected chi connectivity index (χ4v) is 2.65. The highest BCUT2D eigenvalue weighted by Gasteiger charge is 2.20. The Morgan fingerprint density at radius 3 is 2.32 bits per heavy atom. The van der Waals surface area contributed by atoms with Gasteiger partial charge in [-0.15, -0.1) is 0 Å². The molecule has 0 spiro atoms. The Hall–Kier alpha value is -3.48. The number of para-hydroxylation sites is 1. The lowest BCUT2D eigenvalue weighted by atomic mass is 10.1. The highest BCUT2D eigenvalue weighted by Crippen LogP contribution is 2.21. The summed E-state index contributed by atoms with van der Waals surface area (Å²) in [5.74, 6) is -0.241. The van der Waals surface area contributed by atoms with Crippen molar-refractivity contribution in [3.05, 3.63) is 81.7 Å². The van der Waals surface area contributed by atoms with Crippen LogP contribution >= 0.6 is 0 Å². The molecule has 0 aliphatic heterocycles. The molecule has 1 heterocycles. The van der Waals surface area contributed by atoms with Crippen LogP contribution in [-0.4, -0.2) is 20.6 Å². The van der Waals surface area contributed by atoms with Crippen LogP contribution in [0.3, 0.4) is 0 Å². The van der Waals surface area contributed by atoms with E-state index >= 15 is 0 Å². The van der Waals surface area contributed by atoms with Gasteiger partial charge < -0.3 is 5.32 Å². The van der Waals surface area contributed by atoms with Crippen molar-refractivity contribution in [3.8, 4) is 5.69 Å². The second kappa shape index (κ2) is 6.56. The minimum Gasteiger partial charge on any atom is -0.322 e. The van der Waals surface area contributed by atoms with E-state index in [-0.39, 0.29) is 11.6 Å². The van der Waals surface area contributed by atoms with E-state index in [1.165, 1.54) is 12.1 Å². The van der Waals surface area contributed by atoms with E-state index < -0.39 is 4.92 Å². The normalized spacial score (nSPS) is 10.5. The quantitative estimate of drug-likeness (QED) is 0.581. The van der Waals surface area contributed by atoms with Gasteiger partial charge in [-0.05, 0) is 38.1 Å². The number of carbonyl (C=O) groups is 1. The lowest BCUT2D eigenvalue weighted by molar-refractivity contribution is -0.384. The first kappa shape index (κ1) is 16.4. The van der Waals surface area contributed by atoms with Gasteiger partial charge in [-0.25, -0.2) is 4.68 Å². The maximum Gasteiger partial charge on any atom is 0.269 e. The lowest BCUT2D eigenvalue weighted by Crippen LogP contribution is -2.14. The number of amides is 1. The lowest BCUT2D eigenvalue weighted by Gasteiger charge is -2.07. The van der Waals surface area contributed by atoms with Crippen molar-refractivity contribution in [2.75, 3.05) is 5.32 Å². The molecule has 7 nitrogen and oxygen atoms in total. The van der Waals surface area contributed by atoms with E-state index in [1.54, 1.807) is 30.7 Å². The number of nitrogens with one attached hydrogen (secondary N) is 1. The summed E-state index contributed by atoms with van der Waals surface area (Å²) in [4.78, 5) is 22.9. The van der Waals surface area contributed by atoms with Gasteiger partial charge >= 0.3 is 0 Å². The van der Waals surface area contributed by atoms with Crippen molar-refractivity contribution in [2.45, 2.75) is 13.8 Å². The number of nitro groups is 1. The molecule has 0 radical (unpaired) electrons. The molecule has 3 rings (SSSR count). The zero-order valence-corrected chi connectivity index (χ0v) is 13.8. The summed E-state index contributed by atoms with van der Waals surface area (Å²) in [5, 5.41) is 18.0. The van der Waals surface area contributed by atoms with Crippen molar-refractivity contribution in [3.63, 3.8) is 0 Å². The molecule has 0 atom stereocenters. The molecule has 126 valence electrons. The molecule has 0 unspecified atom stereocenters. The Kier molecular flexibility index (Phi) is 4.30. The van der Waals surface area contributed by atoms with E-state index in [0.29, 0.717) is 28.3 Å². The summed E-state index contributed by atoms with van der Waals surface area (Å²) in [6.07, 6.45) is 0. The Morgan fingerprint density at radius 2 is 1.72 bits per heavy atom. The zero-order valence-electron chi connectivity index (χ0n) is 13.8. The highest BCUT2D eigenvalue weighted by molar-refractivity contribution is 6.05. The monoisotopic (exact) mass is 336 g/mol. The van der Waals surface area contributed by atoms with E-state index in [4.69, 9.17) is 0 Å². The van der Waals surface area contributed by atoms with E-state index in [1.807, 2.05) is 30.3 Å². The van der Waals surface area contributed by atoms with Crippen LogP contribution in [-0.2, 0) is 0 Å². The smallest absolute Gasteiger partial charge is 0.269 e. The molecule has 3 aromatic rings. The van der Waals surface area contributed by atoms with Crippen molar-refractivity contribution in [1.82, 2.24) is 9.78 Å². The second-order valence-electron chi connectivity index (χ2n) is 5.55. The standard InChI is InChI=1S/C18H16N4O3/c1-12-17(18(23)19-14-6-4-3-5-7-14)13(2)21(20-12)15-8-10-16(11-9-15)22(24)25/h3-11H,1-2H3,(H,19,23). The van der Waals surface area contributed by atoms with Gasteiger partial charge in [-0.1, -0.05) is 18.2 Å². The number of aromatic nitrogens is 2. The van der Waals surface area contributed by atoms with Crippen molar-refractivity contribution < 1.29 is 9.72 Å². The average molecular weight is 336 g/mol. The number of hydrogen-bond donors (Lipinski definition) is 1. The van der Waals surface area contributed by atoms with Crippen LogP contribution in [0.15, 0.2) is 54.6 Å². The zero-order chi connectivity index (χ0) is 18.0. The molecule has 0 bridgehead atoms. The van der Waals surface area contributed by atoms with Crippen LogP contribution < -0.4 is 5.32 Å². The third kappa shape index (κ3) is 3.25. The van der Waals surface area contributed by atoms with Gasteiger partial charge in [0.1, 0.15) is 0 Å². The van der Waals surface area contributed by atoms with Crippen molar-refractivity contribution in [2.24, 2.45) is 0 Å². The summed E-state index contributed by atoms with van der Waals surface area (Å²) in [6.45, 7) is 3.55. The molecule has 0 aliphatic carbocycles. The number of non-ortho nitro benzene ring substituents is 1. The molecule has 1 amide bonds. The molecule has 0 saturated heterocycles. The highest BCUT2D eigenvalue weighted by atomic mass is 16.6. The predicted octanol–water partition coefficient (Wildman–Crippen LogP) is 3.65. The van der Waals surface area contributed by atoms with E-state index in [2.05, 4.69) is 10.4 Å². The first-order chi connectivity index (χ1) is 12.0. The SMILES string of the molecule is Cc1nn(-c2ccc([N+](=O)[O-])cc2)c(C)c1C(=O)Nc1ccccc1. The first-order valence-corrected chi connectivity index (χ1v) is 7.65. The van der Waals surface area contributed by atoms with Gasteiger partial charge in [0.2, 0.25) is 0 Å². The molecule has 1 aromatic heterocycles. The van der Waals surface area contributed by atoms with Crippen LogP contribution in [0, 0.1) is 24.0 Å². The number of benzene rings is 2. The summed E-state index contributed by atoms with van der Waals surface area (Å²) < 4.78 is 1.61. The predicted molar refractivity (Wildman–Crippen MR) is 94.1 cm³/mol. The van der Waals surface area contributed by atoms with Crippen LogP contribution in [0.5, 0.6) is 0 Å². The number of aryl methyl sites for hydroxylation is 1. The second-order valence-corrected chi connectivity index (χ2v) is 5.55. The third-order valence-corrected chi connectivity index (χ3v) is 3.86. The molecule has 1 N–H and O–H groups in total. The fourth-order valence-electron chi connectivity index (χ4n) is 2.65. The minimum absolute atomic E-state index is 0.00678. The number of carbonyl (C=O) groups excluding carboxylic acids is 1. The molecule has 2 aromatic carbocycles. The van der Waals surface area contributed by atoms with Gasteiger partial charge in [0, 0.05) is 17.8 Å². The summed E-state index contributed by atoms with van der Waals surface area (Å²) in [6, 6.07) is 15.2. The molecule has 0 saturated carbocycles. The first-order valence-electron chi connectivity index (χ1n) is 7.65. The topological polar surface area (TPSA) is 90.1 Å². The van der Waals surface area contributed by atoms with Crippen LogP contribution in [0.1, 0.15) is 21.7 Å². The number of rotatable bonds is 4. The van der Waals surface area contributed by atoms with Gasteiger partial charge in [-0.3, -0.25) is 14.9 Å². The van der Waals surface area contributed by atoms with E-state index in [9.17, 15) is 14.9 Å². The largest absolute Gasteiger partial charge is 0.322 e. The summed E-state index contributed by atoms with van der Waals surface area (Å²) in [5.41, 5.74) is 3.11. The summed E-state index contributed by atoms with van der Waals surface area (Å²) in [7, 11) is 0. The number of hydrogen-bond acceptors (Lipinski definition) is 4. The minimum atomic E-state index is -0.455. The van der Waals surface area contributed by atoms with E-state index in [0.717, 1.165) is 0 Å². The molecular weight excluding hydrogens is 320 g/mol. The summed E-state index contributed by atoms with van der Waals surface area (Å²) >= 11 is 0. The Morgan fingerprint density at radius 1 is 1.08 bits per heavy atom. The van der Waals surface area contributed by atoms with Crippen molar-refractivity contribution in [1.29, 1.82) is 0 Å². The molecule has 0 fully saturated rings. The Bertz CT molecular complexity index is 931. The maximum absolute atomic E-state index is 12.6. The number of anilines is 1. The number of nitrogens with zero attached hydrogens (tertiary/aromatic N) is 3. The van der Waals surface area contributed by atoms with Gasteiger partial charge in [0.25, 0.3) is 11.6 Å². The van der Waals surface area contributed by atoms with Crippen LogP contribution in [0.4, 0.5) is 11.4 Å². The number of nitro benzene ring substituents is 1. The molecule has 0 aliphatic rings. The van der Waals surface area contributed by atoms with Crippen LogP contribution in [0.2, 0.25) is 0 Å². The molecule has 25 heavy (non-hydrogen) atoms. The van der Waals surface area contributed by atoms with Crippen LogP contribution in [0.25, 0.3) is 5.69 Å². The van der Waals surface area contributed by atoms with Crippen molar-refractivity contribution >= 4 is 17.3 Å². The molecule has 7 heteroatoms. The Balaban J connectivity index is 1.93. The fraction of sp³-hybridized carbons (Fsp3) is 0.111. The van der Waals surface area contributed by atoms with Gasteiger partial charge in [0.15, 0.2) is 0 Å².